The van der Waals surface area contributed by atoms with Gasteiger partial charge < -0.3 is 32.9 Å². The number of hydrogen-bond donors (Lipinski definition) is 0. The fourth-order valence-electron chi connectivity index (χ4n) is 0. The van der Waals surface area contributed by atoms with Crippen molar-refractivity contribution in [3.05, 3.63) is 0 Å². The van der Waals surface area contributed by atoms with Gasteiger partial charge in [0.1, 0.15) is 0 Å². The zero-order valence-corrected chi connectivity index (χ0v) is 4.71. The molecule has 6 nitrogen and oxygen atoms in total. The minimum Gasteiger partial charge on any atom is -0.457 e. The fraction of sp³-hybridized carbons (Fsp3) is 0. The number of hydrogen-bond acceptors (Lipinski definition) is 0. The molecule has 0 amide bonds. The van der Waals surface area contributed by atoms with E-state index in [2.05, 4.69) is 0 Å². The fourth-order valence-corrected chi connectivity index (χ4v) is 0. The summed E-state index contributed by atoms with van der Waals surface area (Å²) in [6, 6.07) is 0. The molecule has 0 saturated heterocycles. The van der Waals surface area contributed by atoms with Crippen molar-refractivity contribution in [1.29, 1.82) is 0 Å². The van der Waals surface area contributed by atoms with Crippen LogP contribution in [0.3, 0.4) is 0 Å². The van der Waals surface area contributed by atoms with Crippen LogP contribution in [-0.4, -0.2) is 0 Å². The molecule has 0 aliphatic rings. The molecule has 0 aromatic carbocycles. The predicted molar refractivity (Wildman–Crippen MR) is 29.2 cm³/mol. The van der Waals surface area contributed by atoms with E-state index in [4.69, 9.17) is 0 Å². The minimum absolute atomic E-state index is 0. The molecular weight excluding hydrogens is 160 g/mol. The van der Waals surface area contributed by atoms with Crippen LogP contribution in [0.2, 0.25) is 0 Å². The van der Waals surface area contributed by atoms with Crippen molar-refractivity contribution >= 4 is 0 Å². The van der Waals surface area contributed by atoms with Gasteiger partial charge in [-0.15, -0.1) is 0 Å². The van der Waals surface area contributed by atoms with E-state index >= 15 is 0 Å². The zero-order chi connectivity index (χ0) is 0. The van der Waals surface area contributed by atoms with Crippen LogP contribution in [-0.2, 0) is 49.9 Å². The third-order valence-electron chi connectivity index (χ3n) is 0. The SMILES string of the molecule is [Cu+2].[OH3+].[OH3+].[OH3+].[OH3+].[OH3+].[OH3+]. The minimum atomic E-state index is 0. The summed E-state index contributed by atoms with van der Waals surface area (Å²) in [6.07, 6.45) is 0. The first kappa shape index (κ1) is 3670. The molecule has 0 aliphatic carbocycles. The Labute approximate surface area is 50.8 Å². The molecule has 0 bridgehead atoms. The monoisotopic (exact) mass is 177 g/mol. The summed E-state index contributed by atoms with van der Waals surface area (Å²) in [7, 11) is 0. The first-order valence-electron chi connectivity index (χ1n) is 0. The van der Waals surface area contributed by atoms with Gasteiger partial charge in [0.2, 0.25) is 0 Å². The Balaban J connectivity index is 0. The Morgan fingerprint density at radius 1 is 0.286 bits per heavy atom. The maximum atomic E-state index is 0. The molecule has 0 aromatic rings. The second-order valence-corrected chi connectivity index (χ2v) is 0. The molecule has 7 heteroatoms. The Morgan fingerprint density at radius 2 is 0.286 bits per heavy atom. The molecule has 0 atom stereocenters. The van der Waals surface area contributed by atoms with Gasteiger partial charge in [0.05, 0.1) is 0 Å². The molecule has 0 aliphatic heterocycles. The molecule has 0 saturated carbocycles. The van der Waals surface area contributed by atoms with Gasteiger partial charge in [-0.3, -0.25) is 0 Å². The quantitative estimate of drug-likeness (QED) is 0.251. The normalized spacial score (nSPS) is 0. The van der Waals surface area contributed by atoms with Gasteiger partial charge >= 0.3 is 17.1 Å². The Morgan fingerprint density at radius 3 is 0.286 bits per heavy atom. The van der Waals surface area contributed by atoms with Crippen LogP contribution in [0, 0.1) is 0 Å². The van der Waals surface area contributed by atoms with Crippen molar-refractivity contribution in [1.82, 2.24) is 0 Å². The van der Waals surface area contributed by atoms with Gasteiger partial charge in [0.25, 0.3) is 0 Å². The van der Waals surface area contributed by atoms with Crippen LogP contribution < -0.4 is 0 Å². The summed E-state index contributed by atoms with van der Waals surface area (Å²) < 4.78 is 0. The van der Waals surface area contributed by atoms with Gasteiger partial charge in [-0.05, 0) is 0 Å². The van der Waals surface area contributed by atoms with E-state index in [0.717, 1.165) is 0 Å². The van der Waals surface area contributed by atoms with Crippen molar-refractivity contribution in [2.24, 2.45) is 0 Å². The van der Waals surface area contributed by atoms with Crippen molar-refractivity contribution in [2.75, 3.05) is 0 Å². The van der Waals surface area contributed by atoms with Crippen molar-refractivity contribution in [3.63, 3.8) is 0 Å². The summed E-state index contributed by atoms with van der Waals surface area (Å²) in [4.78, 5) is 0. The van der Waals surface area contributed by atoms with Crippen LogP contribution in [0.15, 0.2) is 0 Å². The summed E-state index contributed by atoms with van der Waals surface area (Å²) in [5.41, 5.74) is 0. The van der Waals surface area contributed by atoms with E-state index in [-0.39, 0.29) is 49.9 Å². The number of rotatable bonds is 0. The molecule has 1 radical (unpaired) electrons. The van der Waals surface area contributed by atoms with Gasteiger partial charge in [-0.25, -0.2) is 0 Å². The van der Waals surface area contributed by atoms with Crippen LogP contribution in [0.1, 0.15) is 0 Å². The summed E-state index contributed by atoms with van der Waals surface area (Å²) in [6.45, 7) is 0. The molecule has 0 fully saturated rings. The average Bonchev–Trinajstić information content (AvgIpc) is 0. The topological polar surface area (TPSA) is 198 Å². The molecule has 0 heterocycles. The van der Waals surface area contributed by atoms with E-state index in [1.165, 1.54) is 0 Å². The maximum Gasteiger partial charge on any atom is 2.00 e. The Bertz CT molecular complexity index is 4.14. The molecule has 0 unspecified atom stereocenters. The van der Waals surface area contributed by atoms with E-state index in [1.807, 2.05) is 0 Å². The third kappa shape index (κ3) is 1470. The van der Waals surface area contributed by atoms with E-state index in [0.29, 0.717) is 0 Å². The molecular formula is H18CuO6+8. The van der Waals surface area contributed by atoms with E-state index < -0.39 is 0 Å². The molecule has 18 N–H and O–H groups in total. The Hall–Kier alpha value is 0.279. The molecule has 0 rings (SSSR count). The summed E-state index contributed by atoms with van der Waals surface area (Å²) >= 11 is 0. The zero-order valence-electron chi connectivity index (χ0n) is 3.77. The van der Waals surface area contributed by atoms with Crippen LogP contribution in [0.25, 0.3) is 0 Å². The smallest absolute Gasteiger partial charge is 0.457 e. The second-order valence-electron chi connectivity index (χ2n) is 0. The van der Waals surface area contributed by atoms with Gasteiger partial charge in [0.15, 0.2) is 0 Å². The van der Waals surface area contributed by atoms with Crippen molar-refractivity contribution in [2.45, 2.75) is 0 Å². The third-order valence-corrected chi connectivity index (χ3v) is 0. The summed E-state index contributed by atoms with van der Waals surface area (Å²) in [5.74, 6) is 0. The molecule has 0 spiro atoms. The molecule has 0 aromatic heterocycles. The van der Waals surface area contributed by atoms with Crippen LogP contribution in [0.4, 0.5) is 0 Å². The Kier molecular flexibility index (Phi) is 1180000. The standard InChI is InChI=1S/Cu.6H2O/h;6*1H2/q+2;;;;;;/p+6. The first-order chi connectivity index (χ1) is 0. The molecule has 7 heavy (non-hydrogen) atoms. The van der Waals surface area contributed by atoms with Crippen molar-refractivity contribution in [3.8, 4) is 0 Å². The van der Waals surface area contributed by atoms with Crippen LogP contribution in [0.5, 0.6) is 0 Å². The van der Waals surface area contributed by atoms with Gasteiger partial charge in [-0.2, -0.15) is 0 Å². The van der Waals surface area contributed by atoms with Crippen LogP contribution >= 0.6 is 0 Å². The van der Waals surface area contributed by atoms with Gasteiger partial charge in [0, 0.05) is 0 Å². The maximum absolute atomic E-state index is 0. The largest absolute Gasteiger partial charge is 2.00 e. The van der Waals surface area contributed by atoms with Gasteiger partial charge in [-0.1, -0.05) is 0 Å². The first-order valence-corrected chi connectivity index (χ1v) is 0. The molecule has 57 valence electrons. The second kappa shape index (κ2) is 2240. The average molecular weight is 178 g/mol. The van der Waals surface area contributed by atoms with Crippen molar-refractivity contribution < 1.29 is 49.9 Å². The van der Waals surface area contributed by atoms with E-state index in [1.54, 1.807) is 0 Å². The predicted octanol–water partition coefficient (Wildman–Crippen LogP) is -5.53. The summed E-state index contributed by atoms with van der Waals surface area (Å²) in [5, 5.41) is 0. The van der Waals surface area contributed by atoms with E-state index in [9.17, 15) is 0 Å².